The molecular formula is C32H26BrN3O6S. The van der Waals surface area contributed by atoms with Gasteiger partial charge in [-0.2, -0.15) is 0 Å². The number of carbonyl (C=O) groups excluding carboxylic acids is 3. The van der Waals surface area contributed by atoms with Crippen molar-refractivity contribution in [3.63, 3.8) is 0 Å². The number of benzene rings is 4. The molecule has 2 N–H and O–H groups in total. The number of hydrogen-bond acceptors (Lipinski definition) is 8. The van der Waals surface area contributed by atoms with Crippen LogP contribution in [0, 0.1) is 0 Å². The molecule has 5 rings (SSSR count). The van der Waals surface area contributed by atoms with Gasteiger partial charge in [0.1, 0.15) is 27.9 Å². The number of thioether (sulfide) groups is 1. The smallest absolute Gasteiger partial charge is 0.283 e. The summed E-state index contributed by atoms with van der Waals surface area (Å²) >= 11 is 4.50. The average molecular weight is 661 g/mol. The van der Waals surface area contributed by atoms with E-state index in [1.54, 1.807) is 105 Å². The molecule has 0 atom stereocenters. The Labute approximate surface area is 261 Å². The Hall–Kier alpha value is -4.74. The number of carbonyl (C=O) groups is 3. The van der Waals surface area contributed by atoms with E-state index in [2.05, 4.69) is 26.6 Å². The Balaban J connectivity index is 1.44. The second kappa shape index (κ2) is 13.1. The quantitative estimate of drug-likeness (QED) is 0.181. The summed E-state index contributed by atoms with van der Waals surface area (Å²) in [6, 6.07) is 25.8. The zero-order chi connectivity index (χ0) is 30.5. The lowest BCUT2D eigenvalue weighted by molar-refractivity contribution is -0.120. The standard InChI is InChI=1S/C32H26BrN3O6S/c1-40-23-12-10-22(11-13-23)36-31(38)28(35-26-17-14-24(41-2)18-27(26)42-3)29(32(36)39)43-25-15-8-21(9-16-25)34-30(37)19-4-6-20(33)7-5-19/h4-18,35H,1-3H3,(H,34,37). The van der Waals surface area contributed by atoms with Gasteiger partial charge in [-0.3, -0.25) is 14.4 Å². The number of ether oxygens (including phenoxy) is 3. The highest BCUT2D eigenvalue weighted by molar-refractivity contribution is 9.10. The van der Waals surface area contributed by atoms with Crippen molar-refractivity contribution < 1.29 is 28.6 Å². The van der Waals surface area contributed by atoms with Gasteiger partial charge in [0.25, 0.3) is 17.7 Å². The van der Waals surface area contributed by atoms with E-state index in [9.17, 15) is 14.4 Å². The molecule has 3 amide bonds. The van der Waals surface area contributed by atoms with Crippen molar-refractivity contribution in [3.05, 3.63) is 112 Å². The van der Waals surface area contributed by atoms with Crippen LogP contribution in [-0.4, -0.2) is 39.1 Å². The molecule has 218 valence electrons. The first-order chi connectivity index (χ1) is 20.8. The molecule has 11 heteroatoms. The number of amides is 3. The maximum Gasteiger partial charge on any atom is 0.283 e. The Morgan fingerprint density at radius 2 is 1.42 bits per heavy atom. The van der Waals surface area contributed by atoms with E-state index in [1.807, 2.05) is 0 Å². The summed E-state index contributed by atoms with van der Waals surface area (Å²) in [6.07, 6.45) is 0. The lowest BCUT2D eigenvalue weighted by Crippen LogP contribution is -2.32. The van der Waals surface area contributed by atoms with Crippen LogP contribution in [-0.2, 0) is 9.59 Å². The van der Waals surface area contributed by atoms with Crippen molar-refractivity contribution in [2.75, 3.05) is 36.9 Å². The minimum Gasteiger partial charge on any atom is -0.497 e. The monoisotopic (exact) mass is 659 g/mol. The van der Waals surface area contributed by atoms with Crippen LogP contribution in [0.2, 0.25) is 0 Å². The molecule has 9 nitrogen and oxygen atoms in total. The number of rotatable bonds is 10. The van der Waals surface area contributed by atoms with Crippen LogP contribution in [0.5, 0.6) is 17.2 Å². The van der Waals surface area contributed by atoms with Crippen LogP contribution in [0.15, 0.2) is 111 Å². The van der Waals surface area contributed by atoms with Crippen molar-refractivity contribution in [2.45, 2.75) is 4.90 Å². The van der Waals surface area contributed by atoms with Gasteiger partial charge in [0.2, 0.25) is 0 Å². The molecule has 1 heterocycles. The first kappa shape index (κ1) is 29.7. The SMILES string of the molecule is COc1ccc(N2C(=O)C(Nc3ccc(OC)cc3OC)=C(Sc3ccc(NC(=O)c4ccc(Br)cc4)cc3)C2=O)cc1. The molecule has 4 aromatic carbocycles. The van der Waals surface area contributed by atoms with Crippen LogP contribution >= 0.6 is 27.7 Å². The van der Waals surface area contributed by atoms with Gasteiger partial charge in [-0.05, 0) is 84.9 Å². The van der Waals surface area contributed by atoms with Crippen molar-refractivity contribution in [1.29, 1.82) is 0 Å². The maximum atomic E-state index is 13.8. The van der Waals surface area contributed by atoms with Crippen molar-refractivity contribution >= 4 is 62.5 Å². The van der Waals surface area contributed by atoms with Gasteiger partial charge in [-0.25, -0.2) is 4.90 Å². The van der Waals surface area contributed by atoms with Crippen molar-refractivity contribution in [2.24, 2.45) is 0 Å². The lowest BCUT2D eigenvalue weighted by Gasteiger charge is -2.16. The highest BCUT2D eigenvalue weighted by Gasteiger charge is 2.40. The fourth-order valence-corrected chi connectivity index (χ4v) is 5.44. The molecule has 0 spiro atoms. The van der Waals surface area contributed by atoms with E-state index in [0.29, 0.717) is 44.8 Å². The van der Waals surface area contributed by atoms with Crippen LogP contribution in [0.1, 0.15) is 10.4 Å². The summed E-state index contributed by atoms with van der Waals surface area (Å²) in [4.78, 5) is 42.2. The first-order valence-corrected chi connectivity index (χ1v) is 14.5. The van der Waals surface area contributed by atoms with E-state index < -0.39 is 11.8 Å². The van der Waals surface area contributed by atoms with Crippen LogP contribution in [0.25, 0.3) is 0 Å². The molecule has 0 fully saturated rings. The predicted molar refractivity (Wildman–Crippen MR) is 170 cm³/mol. The second-order valence-corrected chi connectivity index (χ2v) is 11.1. The molecule has 4 aromatic rings. The zero-order valence-corrected chi connectivity index (χ0v) is 25.7. The molecule has 0 saturated carbocycles. The molecular weight excluding hydrogens is 634 g/mol. The molecule has 0 aromatic heterocycles. The highest BCUT2D eigenvalue weighted by Crippen LogP contribution is 2.40. The highest BCUT2D eigenvalue weighted by atomic mass is 79.9. The number of halogens is 1. The number of anilines is 3. The fourth-order valence-electron chi connectivity index (χ4n) is 4.25. The van der Waals surface area contributed by atoms with Crippen LogP contribution in [0.4, 0.5) is 17.1 Å². The number of nitrogens with one attached hydrogen (secondary N) is 2. The van der Waals surface area contributed by atoms with Gasteiger partial charge in [-0.15, -0.1) is 0 Å². The van der Waals surface area contributed by atoms with Gasteiger partial charge < -0.3 is 24.8 Å². The molecule has 0 saturated heterocycles. The van der Waals surface area contributed by atoms with E-state index in [-0.39, 0.29) is 16.5 Å². The van der Waals surface area contributed by atoms with Crippen LogP contribution in [0.3, 0.4) is 0 Å². The van der Waals surface area contributed by atoms with E-state index >= 15 is 0 Å². The summed E-state index contributed by atoms with van der Waals surface area (Å²) in [6.45, 7) is 0. The number of imide groups is 1. The summed E-state index contributed by atoms with van der Waals surface area (Å²) in [5.41, 5.74) is 2.09. The minimum atomic E-state index is -0.520. The third-order valence-electron chi connectivity index (χ3n) is 6.48. The third-order valence-corrected chi connectivity index (χ3v) is 8.10. The minimum absolute atomic E-state index is 0.0990. The number of methoxy groups -OCH3 is 3. The zero-order valence-electron chi connectivity index (χ0n) is 23.3. The molecule has 0 bridgehead atoms. The van der Waals surface area contributed by atoms with E-state index in [0.717, 1.165) is 21.1 Å². The van der Waals surface area contributed by atoms with Gasteiger partial charge in [-0.1, -0.05) is 27.7 Å². The largest absolute Gasteiger partial charge is 0.497 e. The topological polar surface area (TPSA) is 106 Å². The summed E-state index contributed by atoms with van der Waals surface area (Å²) in [5.74, 6) is 0.357. The Morgan fingerprint density at radius 1 is 0.767 bits per heavy atom. The average Bonchev–Trinajstić information content (AvgIpc) is 3.26. The van der Waals surface area contributed by atoms with Gasteiger partial charge in [0.15, 0.2) is 0 Å². The van der Waals surface area contributed by atoms with E-state index in [1.165, 1.54) is 7.11 Å². The maximum absolute atomic E-state index is 13.8. The Kier molecular flexibility index (Phi) is 9.03. The van der Waals surface area contributed by atoms with Gasteiger partial charge in [0.05, 0.1) is 32.7 Å². The summed E-state index contributed by atoms with van der Waals surface area (Å²) in [7, 11) is 4.59. The van der Waals surface area contributed by atoms with Crippen molar-refractivity contribution in [3.8, 4) is 17.2 Å². The Morgan fingerprint density at radius 3 is 2.05 bits per heavy atom. The van der Waals surface area contributed by atoms with Crippen LogP contribution < -0.4 is 29.7 Å². The van der Waals surface area contributed by atoms with Crippen molar-refractivity contribution in [1.82, 2.24) is 0 Å². The predicted octanol–water partition coefficient (Wildman–Crippen LogP) is 6.72. The van der Waals surface area contributed by atoms with E-state index in [4.69, 9.17) is 14.2 Å². The normalized spacial score (nSPS) is 12.8. The molecule has 1 aliphatic rings. The van der Waals surface area contributed by atoms with Gasteiger partial charge >= 0.3 is 0 Å². The first-order valence-electron chi connectivity index (χ1n) is 12.9. The fraction of sp³-hybridized carbons (Fsp3) is 0.0938. The molecule has 0 radical (unpaired) electrons. The second-order valence-electron chi connectivity index (χ2n) is 9.13. The summed E-state index contributed by atoms with van der Waals surface area (Å²) in [5, 5.41) is 5.99. The molecule has 0 unspecified atom stereocenters. The lowest BCUT2D eigenvalue weighted by atomic mass is 10.2. The third kappa shape index (κ3) is 6.52. The van der Waals surface area contributed by atoms with Gasteiger partial charge in [0, 0.05) is 26.7 Å². The number of hydrogen-bond donors (Lipinski definition) is 2. The molecule has 43 heavy (non-hydrogen) atoms. The summed E-state index contributed by atoms with van der Waals surface area (Å²) < 4.78 is 16.9. The molecule has 1 aliphatic heterocycles. The Bertz CT molecular complexity index is 1710. The molecule has 0 aliphatic carbocycles. The number of nitrogens with zero attached hydrogens (tertiary/aromatic N) is 1.